The van der Waals surface area contributed by atoms with Gasteiger partial charge in [0.15, 0.2) is 11.6 Å². The summed E-state index contributed by atoms with van der Waals surface area (Å²) >= 11 is 25.9. The maximum absolute atomic E-state index is 14.0. The third-order valence-corrected chi connectivity index (χ3v) is 9.85. The van der Waals surface area contributed by atoms with Crippen molar-refractivity contribution in [2.24, 2.45) is 0 Å². The Kier molecular flexibility index (Phi) is 11.6. The fraction of sp³-hybridized carbons (Fsp3) is 0. The van der Waals surface area contributed by atoms with E-state index in [2.05, 4.69) is 10.6 Å². The number of urea groups is 1. The maximum atomic E-state index is 14.0. The summed E-state index contributed by atoms with van der Waals surface area (Å²) in [5.41, 5.74) is 1.23. The molecule has 1 saturated heterocycles. The molecule has 0 saturated carbocycles. The molecule has 5 rings (SSSR count). The molecule has 0 radical (unpaired) electrons. The van der Waals surface area contributed by atoms with Crippen LogP contribution < -0.4 is 10.6 Å². The number of imide groups is 2. The van der Waals surface area contributed by atoms with Gasteiger partial charge in [-0.15, -0.1) is 0 Å². The van der Waals surface area contributed by atoms with Crippen LogP contribution in [-0.4, -0.2) is 29.4 Å². The van der Waals surface area contributed by atoms with Gasteiger partial charge in [-0.3, -0.25) is 29.8 Å². The van der Waals surface area contributed by atoms with Gasteiger partial charge in [-0.05, 0) is 96.1 Å². The Bertz CT molecular complexity index is 1880. The topological polar surface area (TPSA) is 109 Å². The van der Waals surface area contributed by atoms with E-state index in [1.54, 1.807) is 84.9 Å². The second kappa shape index (κ2) is 15.9. The van der Waals surface area contributed by atoms with Crippen molar-refractivity contribution in [3.63, 3.8) is 0 Å². The van der Waals surface area contributed by atoms with Crippen molar-refractivity contribution in [2.45, 2.75) is 0 Å². The summed E-state index contributed by atoms with van der Waals surface area (Å²) in [6.07, 6.45) is 3.12. The highest BCUT2D eigenvalue weighted by atomic mass is 35.5. The number of hydrogen-bond donors (Lipinski definition) is 2. The predicted octanol–water partition coefficient (Wildman–Crippen LogP) is 9.49. The number of rotatable bonds is 10. The number of amides is 4. The number of benzene rings is 4. The minimum Gasteiger partial charge on any atom is -0.288 e. The van der Waals surface area contributed by atoms with Gasteiger partial charge in [0.05, 0.1) is 14.0 Å². The van der Waals surface area contributed by atoms with Crippen molar-refractivity contribution in [3.8, 4) is 0 Å². The van der Waals surface area contributed by atoms with Crippen molar-refractivity contribution >= 4 is 111 Å². The minimum atomic E-state index is -1.01. The van der Waals surface area contributed by atoms with Crippen LogP contribution in [0.4, 0.5) is 4.79 Å². The molecule has 4 amide bonds. The Morgan fingerprint density at radius 2 is 0.812 bits per heavy atom. The third kappa shape index (κ3) is 9.08. The zero-order valence-electron chi connectivity index (χ0n) is 24.3. The van der Waals surface area contributed by atoms with E-state index in [0.29, 0.717) is 31.2 Å². The smallest absolute Gasteiger partial charge is 0.288 e. The van der Waals surface area contributed by atoms with Crippen LogP contribution in [0.15, 0.2) is 117 Å². The molecule has 0 unspecified atom stereocenters. The number of hydrogen-bond acceptors (Lipinski definition) is 7. The summed E-state index contributed by atoms with van der Waals surface area (Å²) in [5, 5.41) is 5.92. The Morgan fingerprint density at radius 1 is 0.500 bits per heavy atom. The maximum Gasteiger partial charge on any atom is 0.328 e. The number of nitrogens with one attached hydrogen (secondary N) is 2. The number of barbiturate groups is 1. The summed E-state index contributed by atoms with van der Waals surface area (Å²) in [5.74, 6) is -2.95. The molecule has 1 aliphatic heterocycles. The zero-order valence-corrected chi connectivity index (χ0v) is 28.9. The molecule has 2 N–H and O–H groups in total. The molecule has 4 aromatic carbocycles. The molecule has 0 atom stereocenters. The number of ketones is 2. The molecule has 4 aromatic rings. The molecule has 0 bridgehead atoms. The first-order valence-electron chi connectivity index (χ1n) is 13.8. The van der Waals surface area contributed by atoms with Crippen LogP contribution in [0, 0.1) is 0 Å². The Balaban J connectivity index is 1.68. The van der Waals surface area contributed by atoms with E-state index < -0.39 is 35.0 Å². The molecule has 240 valence electrons. The van der Waals surface area contributed by atoms with E-state index in [1.165, 1.54) is 24.3 Å². The van der Waals surface area contributed by atoms with Gasteiger partial charge in [-0.1, -0.05) is 94.2 Å². The predicted molar refractivity (Wildman–Crippen MR) is 194 cm³/mol. The van der Waals surface area contributed by atoms with Gasteiger partial charge >= 0.3 is 6.03 Å². The van der Waals surface area contributed by atoms with Crippen LogP contribution in [0.3, 0.4) is 0 Å². The average molecular weight is 755 g/mol. The Labute approximate surface area is 303 Å². The summed E-state index contributed by atoms with van der Waals surface area (Å²) in [7, 11) is 0. The second-order valence-corrected chi connectivity index (χ2v) is 14.0. The standard InChI is InChI=1S/C35H20Cl4N2O5S2/c36-23-9-1-19(2-10-23)17-27(30(42)21-5-13-25(38)14-6-21)47-34(29-32(44)40-35(46)41-33(29)45)48-28(18-20-3-11-24(37)12-4-20)31(43)22-7-15-26(39)16-8-22/h1-18H,(H2,40,41,44,45,46)/b27-17+,28-18+. The normalized spacial score (nSPS) is 13.6. The third-order valence-electron chi connectivity index (χ3n) is 6.51. The molecule has 13 heteroatoms. The minimum absolute atomic E-state index is 0.0532. The number of carbonyl (C=O) groups is 5. The quantitative estimate of drug-likeness (QED) is 0.0944. The van der Waals surface area contributed by atoms with Crippen LogP contribution in [0.25, 0.3) is 12.2 Å². The zero-order chi connectivity index (χ0) is 34.4. The van der Waals surface area contributed by atoms with E-state index in [4.69, 9.17) is 46.4 Å². The van der Waals surface area contributed by atoms with Gasteiger partial charge in [0, 0.05) is 31.2 Å². The van der Waals surface area contributed by atoms with Gasteiger partial charge < -0.3 is 0 Å². The van der Waals surface area contributed by atoms with Gasteiger partial charge in [-0.2, -0.15) is 0 Å². The van der Waals surface area contributed by atoms with Gasteiger partial charge in [0.1, 0.15) is 5.57 Å². The molecule has 0 spiro atoms. The first-order valence-corrected chi connectivity index (χ1v) is 16.9. The Morgan fingerprint density at radius 3 is 1.15 bits per heavy atom. The van der Waals surface area contributed by atoms with Crippen molar-refractivity contribution in [1.82, 2.24) is 10.6 Å². The summed E-state index contributed by atoms with van der Waals surface area (Å²) < 4.78 is -0.0532. The second-order valence-electron chi connectivity index (χ2n) is 9.90. The number of allylic oxidation sites excluding steroid dienone is 2. The fourth-order valence-electron chi connectivity index (χ4n) is 4.16. The van der Waals surface area contributed by atoms with Crippen molar-refractivity contribution in [1.29, 1.82) is 0 Å². The highest BCUT2D eigenvalue weighted by Gasteiger charge is 2.34. The number of thioether (sulfide) groups is 2. The van der Waals surface area contributed by atoms with E-state index in [1.807, 2.05) is 0 Å². The molecule has 0 aliphatic carbocycles. The van der Waals surface area contributed by atoms with Crippen LogP contribution in [0.1, 0.15) is 31.8 Å². The Hall–Kier alpha value is -4.09. The highest BCUT2D eigenvalue weighted by Crippen LogP contribution is 2.44. The van der Waals surface area contributed by atoms with E-state index in [0.717, 1.165) is 23.5 Å². The first kappa shape index (κ1) is 35.2. The van der Waals surface area contributed by atoms with Crippen molar-refractivity contribution < 1.29 is 24.0 Å². The van der Waals surface area contributed by atoms with E-state index in [9.17, 15) is 24.0 Å². The first-order chi connectivity index (χ1) is 23.0. The lowest BCUT2D eigenvalue weighted by atomic mass is 10.1. The number of Topliss-reactive ketones (excluding diaryl/α,β-unsaturated/α-hetero) is 2. The lowest BCUT2D eigenvalue weighted by Crippen LogP contribution is -2.51. The van der Waals surface area contributed by atoms with Crippen molar-refractivity contribution in [3.05, 3.63) is 159 Å². The van der Waals surface area contributed by atoms with Gasteiger partial charge in [0.25, 0.3) is 11.8 Å². The summed E-state index contributed by atoms with van der Waals surface area (Å²) in [6, 6.07) is 24.7. The van der Waals surface area contributed by atoms with Gasteiger partial charge in [-0.25, -0.2) is 4.79 Å². The molecule has 1 aliphatic rings. The number of halogens is 4. The SMILES string of the molecule is O=C1NC(=O)C(=C(S/C(=C/c2ccc(Cl)cc2)C(=O)c2ccc(Cl)cc2)S/C(=C/c2ccc(Cl)cc2)C(=O)c2ccc(Cl)cc2)C(=O)N1. The molecular formula is C35H20Cl4N2O5S2. The lowest BCUT2D eigenvalue weighted by molar-refractivity contribution is -0.124. The molecule has 7 nitrogen and oxygen atoms in total. The molecule has 1 heterocycles. The molecule has 1 fully saturated rings. The van der Waals surface area contributed by atoms with Crippen LogP contribution >= 0.6 is 69.9 Å². The van der Waals surface area contributed by atoms with Crippen molar-refractivity contribution in [2.75, 3.05) is 0 Å². The van der Waals surface area contributed by atoms with Crippen LogP contribution in [-0.2, 0) is 9.59 Å². The lowest BCUT2D eigenvalue weighted by Gasteiger charge is -2.19. The molecule has 48 heavy (non-hydrogen) atoms. The molecule has 0 aromatic heterocycles. The monoisotopic (exact) mass is 752 g/mol. The molecular weight excluding hydrogens is 734 g/mol. The van der Waals surface area contributed by atoms with Crippen LogP contribution in [0.5, 0.6) is 0 Å². The van der Waals surface area contributed by atoms with Gasteiger partial charge in [0.2, 0.25) is 0 Å². The number of carbonyl (C=O) groups excluding carboxylic acids is 5. The highest BCUT2D eigenvalue weighted by molar-refractivity contribution is 8.26. The summed E-state index contributed by atoms with van der Waals surface area (Å²) in [4.78, 5) is 66.6. The average Bonchev–Trinajstić information content (AvgIpc) is 3.05. The fourth-order valence-corrected chi connectivity index (χ4v) is 7.16. The van der Waals surface area contributed by atoms with E-state index >= 15 is 0 Å². The van der Waals surface area contributed by atoms with E-state index in [-0.39, 0.29) is 25.2 Å². The summed E-state index contributed by atoms with van der Waals surface area (Å²) in [6.45, 7) is 0. The largest absolute Gasteiger partial charge is 0.328 e. The van der Waals surface area contributed by atoms with Crippen LogP contribution in [0.2, 0.25) is 20.1 Å².